The number of amides is 1. The Bertz CT molecular complexity index is 1080. The van der Waals surface area contributed by atoms with Gasteiger partial charge in [0.25, 0.3) is 5.56 Å². The number of thioether (sulfide) groups is 1. The summed E-state index contributed by atoms with van der Waals surface area (Å²) in [4.78, 5) is 42.5. The molecule has 3 aromatic rings. The fourth-order valence-corrected chi connectivity index (χ4v) is 3.39. The van der Waals surface area contributed by atoms with E-state index in [1.807, 2.05) is 30.3 Å². The number of nitrogens with zero attached hydrogens (tertiary/aromatic N) is 1. The van der Waals surface area contributed by atoms with Crippen LogP contribution in [-0.4, -0.2) is 32.7 Å². The summed E-state index contributed by atoms with van der Waals surface area (Å²) in [7, 11) is 0. The number of aryl methyl sites for hydroxylation is 1. The van der Waals surface area contributed by atoms with Gasteiger partial charge in [-0.25, -0.2) is 9.78 Å². The van der Waals surface area contributed by atoms with Crippen LogP contribution in [0.25, 0.3) is 0 Å². The highest BCUT2D eigenvalue weighted by Gasteiger charge is 2.11. The predicted molar refractivity (Wildman–Crippen MR) is 112 cm³/mol. The van der Waals surface area contributed by atoms with E-state index in [1.54, 1.807) is 6.92 Å². The minimum Gasteiger partial charge on any atom is -0.478 e. The summed E-state index contributed by atoms with van der Waals surface area (Å²) >= 11 is 1.13. The Hall–Kier alpha value is -3.39. The lowest BCUT2D eigenvalue weighted by Gasteiger charge is -2.08. The Kier molecular flexibility index (Phi) is 6.46. The molecule has 0 aliphatic rings. The molecule has 2 aromatic carbocycles. The van der Waals surface area contributed by atoms with Gasteiger partial charge < -0.3 is 15.4 Å². The van der Waals surface area contributed by atoms with Crippen molar-refractivity contribution in [3.63, 3.8) is 0 Å². The van der Waals surface area contributed by atoms with Gasteiger partial charge in [-0.05, 0) is 36.8 Å². The van der Waals surface area contributed by atoms with Crippen LogP contribution in [0.3, 0.4) is 0 Å². The van der Waals surface area contributed by atoms with Gasteiger partial charge in [-0.3, -0.25) is 9.59 Å². The number of nitrogens with one attached hydrogen (secondary N) is 2. The lowest BCUT2D eigenvalue weighted by Crippen LogP contribution is -2.19. The van der Waals surface area contributed by atoms with Crippen molar-refractivity contribution < 1.29 is 14.7 Å². The lowest BCUT2D eigenvalue weighted by atomic mass is 10.1. The van der Waals surface area contributed by atoms with Crippen molar-refractivity contribution in [1.29, 1.82) is 0 Å². The second-order valence-corrected chi connectivity index (χ2v) is 7.28. The topological polar surface area (TPSA) is 112 Å². The number of aromatic carboxylic acids is 1. The van der Waals surface area contributed by atoms with Gasteiger partial charge in [-0.15, -0.1) is 0 Å². The number of carbonyl (C=O) groups excluding carboxylic acids is 1. The second kappa shape index (κ2) is 9.20. The molecule has 0 unspecified atom stereocenters. The molecular weight excluding hydrogens is 390 g/mol. The number of carboxylic acids is 1. The molecule has 0 atom stereocenters. The molecule has 1 amide bonds. The zero-order valence-electron chi connectivity index (χ0n) is 15.6. The van der Waals surface area contributed by atoms with Crippen molar-refractivity contribution in [3.05, 3.63) is 87.3 Å². The summed E-state index contributed by atoms with van der Waals surface area (Å²) < 4.78 is 0. The molecule has 0 bridgehead atoms. The third-order valence-electron chi connectivity index (χ3n) is 4.18. The maximum atomic E-state index is 12.4. The van der Waals surface area contributed by atoms with E-state index in [4.69, 9.17) is 5.11 Å². The first-order chi connectivity index (χ1) is 13.9. The maximum Gasteiger partial charge on any atom is 0.335 e. The number of H-pyrrole nitrogens is 1. The van der Waals surface area contributed by atoms with Gasteiger partial charge in [0.1, 0.15) is 0 Å². The summed E-state index contributed by atoms with van der Waals surface area (Å²) in [5, 5.41) is 11.9. The van der Waals surface area contributed by atoms with E-state index < -0.39 is 5.97 Å². The first-order valence-electron chi connectivity index (χ1n) is 8.82. The summed E-state index contributed by atoms with van der Waals surface area (Å²) in [6, 6.07) is 15.5. The average Bonchev–Trinajstić information content (AvgIpc) is 2.70. The van der Waals surface area contributed by atoms with Crippen LogP contribution in [-0.2, 0) is 11.2 Å². The van der Waals surface area contributed by atoms with E-state index in [0.29, 0.717) is 28.5 Å². The molecule has 0 saturated carbocycles. The summed E-state index contributed by atoms with van der Waals surface area (Å²) in [5.41, 5.74) is 2.68. The van der Waals surface area contributed by atoms with Crippen molar-refractivity contribution in [1.82, 2.24) is 9.97 Å². The monoisotopic (exact) mass is 409 g/mol. The van der Waals surface area contributed by atoms with E-state index in [1.165, 1.54) is 24.3 Å². The average molecular weight is 409 g/mol. The van der Waals surface area contributed by atoms with E-state index in [9.17, 15) is 14.4 Å². The van der Waals surface area contributed by atoms with Crippen LogP contribution >= 0.6 is 11.8 Å². The van der Waals surface area contributed by atoms with Crippen LogP contribution in [0.15, 0.2) is 64.5 Å². The van der Waals surface area contributed by atoms with Crippen LogP contribution in [0.2, 0.25) is 0 Å². The minimum atomic E-state index is -1.03. The van der Waals surface area contributed by atoms with Crippen molar-refractivity contribution in [2.45, 2.75) is 18.5 Å². The number of hydrogen-bond donors (Lipinski definition) is 3. The van der Waals surface area contributed by atoms with Gasteiger partial charge in [0, 0.05) is 23.4 Å². The number of benzene rings is 2. The molecule has 0 fully saturated rings. The third kappa shape index (κ3) is 5.55. The number of carbonyl (C=O) groups is 2. The zero-order valence-corrected chi connectivity index (χ0v) is 16.5. The molecular formula is C21H19N3O4S. The molecule has 0 radical (unpaired) electrons. The molecule has 29 heavy (non-hydrogen) atoms. The predicted octanol–water partition coefficient (Wildman–Crippen LogP) is 3.10. The summed E-state index contributed by atoms with van der Waals surface area (Å²) in [6.45, 7) is 1.78. The Morgan fingerprint density at radius 1 is 1.10 bits per heavy atom. The second-order valence-electron chi connectivity index (χ2n) is 6.32. The summed E-state index contributed by atoms with van der Waals surface area (Å²) in [6.07, 6.45) is 0.493. The fourth-order valence-electron chi connectivity index (χ4n) is 2.69. The first-order valence-corrected chi connectivity index (χ1v) is 9.80. The molecule has 3 rings (SSSR count). The van der Waals surface area contributed by atoms with E-state index in [2.05, 4.69) is 15.3 Å². The molecule has 3 N–H and O–H groups in total. The standard InChI is InChI=1S/C21H19N3O4S/c1-13-17(11-14-5-3-2-4-6-14)19(26)24-21(22-13)29-12-18(25)23-16-9-7-15(8-10-16)20(27)28/h2-10H,11-12H2,1H3,(H,23,25)(H,27,28)(H,22,24,26). The molecule has 7 nitrogen and oxygen atoms in total. The number of aromatic amines is 1. The van der Waals surface area contributed by atoms with Gasteiger partial charge in [0.15, 0.2) is 5.16 Å². The van der Waals surface area contributed by atoms with Gasteiger partial charge in [-0.2, -0.15) is 0 Å². The van der Waals surface area contributed by atoms with Crippen LogP contribution < -0.4 is 10.9 Å². The largest absolute Gasteiger partial charge is 0.478 e. The van der Waals surface area contributed by atoms with E-state index in [0.717, 1.165) is 17.3 Å². The Morgan fingerprint density at radius 3 is 2.41 bits per heavy atom. The number of rotatable bonds is 7. The minimum absolute atomic E-state index is 0.0566. The Morgan fingerprint density at radius 2 is 1.79 bits per heavy atom. The highest BCUT2D eigenvalue weighted by atomic mass is 32.2. The number of aromatic nitrogens is 2. The summed E-state index contributed by atoms with van der Waals surface area (Å²) in [5.74, 6) is -1.26. The van der Waals surface area contributed by atoms with Crippen molar-refractivity contribution >= 4 is 29.3 Å². The maximum absolute atomic E-state index is 12.4. The highest BCUT2D eigenvalue weighted by Crippen LogP contribution is 2.16. The van der Waals surface area contributed by atoms with Gasteiger partial charge >= 0.3 is 5.97 Å². The first kappa shape index (κ1) is 20.3. The van der Waals surface area contributed by atoms with Crippen molar-refractivity contribution in [3.8, 4) is 0 Å². The van der Waals surface area contributed by atoms with Gasteiger partial charge in [0.2, 0.25) is 5.91 Å². The lowest BCUT2D eigenvalue weighted by molar-refractivity contribution is -0.113. The van der Waals surface area contributed by atoms with Crippen LogP contribution in [0.1, 0.15) is 27.2 Å². The van der Waals surface area contributed by atoms with Crippen LogP contribution in [0, 0.1) is 6.92 Å². The van der Waals surface area contributed by atoms with Crippen molar-refractivity contribution in [2.24, 2.45) is 0 Å². The van der Waals surface area contributed by atoms with Crippen molar-refractivity contribution in [2.75, 3.05) is 11.1 Å². The fraction of sp³-hybridized carbons (Fsp3) is 0.143. The Balaban J connectivity index is 1.61. The molecule has 1 aromatic heterocycles. The third-order valence-corrected chi connectivity index (χ3v) is 5.05. The quantitative estimate of drug-likeness (QED) is 0.408. The van der Waals surface area contributed by atoms with E-state index in [-0.39, 0.29) is 22.8 Å². The normalized spacial score (nSPS) is 10.5. The smallest absolute Gasteiger partial charge is 0.335 e. The van der Waals surface area contributed by atoms with Gasteiger partial charge in [0.05, 0.1) is 11.3 Å². The highest BCUT2D eigenvalue weighted by molar-refractivity contribution is 7.99. The molecule has 0 aliphatic heterocycles. The van der Waals surface area contributed by atoms with E-state index >= 15 is 0 Å². The zero-order chi connectivity index (χ0) is 20.8. The number of hydrogen-bond acceptors (Lipinski definition) is 5. The number of anilines is 1. The molecule has 0 spiro atoms. The number of carboxylic acid groups (broad SMARTS) is 1. The van der Waals surface area contributed by atoms with Gasteiger partial charge in [-0.1, -0.05) is 42.1 Å². The Labute approximate surface area is 171 Å². The van der Waals surface area contributed by atoms with Crippen LogP contribution in [0.4, 0.5) is 5.69 Å². The molecule has 0 saturated heterocycles. The molecule has 8 heteroatoms. The van der Waals surface area contributed by atoms with Crippen LogP contribution in [0.5, 0.6) is 0 Å². The SMILES string of the molecule is Cc1nc(SCC(=O)Nc2ccc(C(=O)O)cc2)[nH]c(=O)c1Cc1ccccc1. The molecule has 0 aliphatic carbocycles. The molecule has 148 valence electrons. The molecule has 1 heterocycles.